The maximum absolute atomic E-state index is 13.3. The molecule has 0 saturated heterocycles. The van der Waals surface area contributed by atoms with Crippen LogP contribution in [0.4, 0.5) is 8.78 Å². The maximum Gasteiger partial charge on any atom is 0.387 e. The molecule has 6 rings (SSSR count). The van der Waals surface area contributed by atoms with Crippen LogP contribution in [0.15, 0.2) is 48.9 Å². The summed E-state index contributed by atoms with van der Waals surface area (Å²) < 4.78 is 33.2. The summed E-state index contributed by atoms with van der Waals surface area (Å²) in [5, 5.41) is 4.79. The van der Waals surface area contributed by atoms with Gasteiger partial charge in [-0.3, -0.25) is 4.79 Å². The van der Waals surface area contributed by atoms with Crippen molar-refractivity contribution in [3.63, 3.8) is 0 Å². The van der Waals surface area contributed by atoms with Crippen molar-refractivity contribution < 1.29 is 18.3 Å². The average Bonchev–Trinajstić information content (AvgIpc) is 3.36. The first-order chi connectivity index (χ1) is 17.1. The van der Waals surface area contributed by atoms with E-state index in [1.165, 1.54) is 6.07 Å². The quantitative estimate of drug-likeness (QED) is 0.459. The van der Waals surface area contributed by atoms with Crippen LogP contribution in [-0.4, -0.2) is 44.0 Å². The summed E-state index contributed by atoms with van der Waals surface area (Å²) in [6, 6.07) is 8.36. The van der Waals surface area contributed by atoms with Crippen molar-refractivity contribution in [2.24, 2.45) is 5.73 Å². The number of fused-ring (bicyclic) bond motifs is 9. The van der Waals surface area contributed by atoms with Gasteiger partial charge in [-0.1, -0.05) is 6.07 Å². The molecule has 4 aromatic rings. The standard InChI is InChI=1S/C26H24F2N6O2/c1-26(2,29)24-30-11-14(12-31-24)13-7-8-34-17(9-13)21-16-10-18(22(21)32-34)33(3)23(35)15-5-4-6-19(20(15)16)36-25(27)28/h4-9,11-12,16,18,25H,10,29H2,1-3H3/t16-,18-/m1/s1. The molecule has 1 aliphatic heterocycles. The van der Waals surface area contributed by atoms with E-state index in [-0.39, 0.29) is 23.6 Å². The third kappa shape index (κ3) is 3.35. The predicted octanol–water partition coefficient (Wildman–Crippen LogP) is 4.25. The number of ether oxygens (including phenoxy) is 1. The number of amides is 1. The van der Waals surface area contributed by atoms with Crippen molar-refractivity contribution in [2.45, 2.75) is 44.4 Å². The van der Waals surface area contributed by atoms with Gasteiger partial charge in [0.1, 0.15) is 11.6 Å². The van der Waals surface area contributed by atoms with Crippen LogP contribution >= 0.6 is 0 Å². The summed E-state index contributed by atoms with van der Waals surface area (Å²) in [6.45, 7) is 0.687. The highest BCUT2D eigenvalue weighted by molar-refractivity contribution is 5.98. The Morgan fingerprint density at radius 1 is 1.14 bits per heavy atom. The first-order valence-electron chi connectivity index (χ1n) is 11.6. The van der Waals surface area contributed by atoms with Crippen LogP contribution in [0.1, 0.15) is 65.2 Å². The van der Waals surface area contributed by atoms with E-state index in [4.69, 9.17) is 15.6 Å². The molecule has 184 valence electrons. The fourth-order valence-corrected chi connectivity index (χ4v) is 5.35. The summed E-state index contributed by atoms with van der Waals surface area (Å²) in [5.41, 5.74) is 10.5. The number of rotatable bonds is 4. The molecule has 2 N–H and O–H groups in total. The van der Waals surface area contributed by atoms with E-state index in [0.29, 0.717) is 23.4 Å². The van der Waals surface area contributed by atoms with E-state index in [1.54, 1.807) is 41.0 Å². The molecule has 0 spiro atoms. The highest BCUT2D eigenvalue weighted by Crippen LogP contribution is 2.53. The van der Waals surface area contributed by atoms with E-state index in [9.17, 15) is 13.6 Å². The van der Waals surface area contributed by atoms with Crippen LogP contribution < -0.4 is 10.5 Å². The number of aromatic nitrogens is 4. The SMILES string of the molecule is CN1C(=O)c2cccc(OC(F)F)c2[C@H]2C[C@@H]1c1nn3ccc(-c4cnc(C(C)(C)N)nc4)cc3c12. The Morgan fingerprint density at radius 3 is 2.58 bits per heavy atom. The van der Waals surface area contributed by atoms with E-state index in [1.807, 2.05) is 32.2 Å². The van der Waals surface area contributed by atoms with Crippen molar-refractivity contribution >= 4 is 11.4 Å². The Balaban J connectivity index is 1.52. The second-order valence-corrected chi connectivity index (χ2v) is 9.88. The maximum atomic E-state index is 13.3. The zero-order valence-corrected chi connectivity index (χ0v) is 19.9. The summed E-state index contributed by atoms with van der Waals surface area (Å²) >= 11 is 0. The molecule has 1 aliphatic carbocycles. The first-order valence-corrected chi connectivity index (χ1v) is 11.6. The van der Waals surface area contributed by atoms with Crippen LogP contribution in [-0.2, 0) is 5.54 Å². The molecular weight excluding hydrogens is 466 g/mol. The zero-order valence-electron chi connectivity index (χ0n) is 19.9. The molecule has 2 aliphatic rings. The van der Waals surface area contributed by atoms with Crippen molar-refractivity contribution in [1.82, 2.24) is 24.5 Å². The van der Waals surface area contributed by atoms with Gasteiger partial charge in [-0.15, -0.1) is 0 Å². The van der Waals surface area contributed by atoms with Crippen molar-refractivity contribution in [3.8, 4) is 16.9 Å². The van der Waals surface area contributed by atoms with E-state index in [2.05, 4.69) is 9.97 Å². The van der Waals surface area contributed by atoms with Crippen LogP contribution in [0.2, 0.25) is 0 Å². The van der Waals surface area contributed by atoms with Gasteiger partial charge in [0, 0.05) is 53.8 Å². The smallest absolute Gasteiger partial charge is 0.387 e. The second kappa shape index (κ2) is 7.79. The molecule has 1 aromatic carbocycles. The Morgan fingerprint density at radius 2 is 1.89 bits per heavy atom. The molecule has 4 heterocycles. The minimum absolute atomic E-state index is 0.0200. The number of hydrogen-bond donors (Lipinski definition) is 1. The number of benzene rings is 1. The van der Waals surface area contributed by atoms with E-state index < -0.39 is 12.2 Å². The Kier molecular flexibility index (Phi) is 4.88. The van der Waals surface area contributed by atoms with Crippen LogP contribution in [0.5, 0.6) is 5.75 Å². The van der Waals surface area contributed by atoms with E-state index >= 15 is 0 Å². The van der Waals surface area contributed by atoms with Crippen molar-refractivity contribution in [3.05, 3.63) is 77.1 Å². The topological polar surface area (TPSA) is 98.6 Å². The van der Waals surface area contributed by atoms with Gasteiger partial charge in [-0.25, -0.2) is 14.5 Å². The van der Waals surface area contributed by atoms with Gasteiger partial charge in [0.2, 0.25) is 0 Å². The fourth-order valence-electron chi connectivity index (χ4n) is 5.35. The van der Waals surface area contributed by atoms with Crippen LogP contribution in [0.3, 0.4) is 0 Å². The lowest BCUT2D eigenvalue weighted by Crippen LogP contribution is -2.31. The lowest BCUT2D eigenvalue weighted by molar-refractivity contribution is -0.0505. The Hall–Kier alpha value is -3.92. The van der Waals surface area contributed by atoms with Crippen LogP contribution in [0, 0.1) is 0 Å². The van der Waals surface area contributed by atoms with Gasteiger partial charge in [-0.05, 0) is 50.1 Å². The Labute approximate surface area is 205 Å². The van der Waals surface area contributed by atoms with Gasteiger partial charge in [0.15, 0.2) is 0 Å². The summed E-state index contributed by atoms with van der Waals surface area (Å²) in [6.07, 6.45) is 5.86. The minimum atomic E-state index is -3.00. The molecule has 0 radical (unpaired) electrons. The fraction of sp³-hybridized carbons (Fsp3) is 0.308. The lowest BCUT2D eigenvalue weighted by Gasteiger charge is -2.23. The molecule has 8 nitrogen and oxygen atoms in total. The predicted molar refractivity (Wildman–Crippen MR) is 128 cm³/mol. The third-order valence-electron chi connectivity index (χ3n) is 7.04. The van der Waals surface area contributed by atoms with Gasteiger partial charge in [0.05, 0.1) is 22.8 Å². The largest absolute Gasteiger partial charge is 0.434 e. The summed E-state index contributed by atoms with van der Waals surface area (Å²) in [4.78, 5) is 23.8. The average molecular weight is 491 g/mol. The molecule has 3 aromatic heterocycles. The van der Waals surface area contributed by atoms with Gasteiger partial charge in [-0.2, -0.15) is 13.9 Å². The molecule has 0 unspecified atom stereocenters. The lowest BCUT2D eigenvalue weighted by atomic mass is 9.88. The van der Waals surface area contributed by atoms with Gasteiger partial charge < -0.3 is 15.4 Å². The molecule has 1 amide bonds. The highest BCUT2D eigenvalue weighted by Gasteiger charge is 2.46. The van der Waals surface area contributed by atoms with Crippen molar-refractivity contribution in [1.29, 1.82) is 0 Å². The highest BCUT2D eigenvalue weighted by atomic mass is 19.3. The number of pyridine rings is 1. The van der Waals surface area contributed by atoms with Gasteiger partial charge in [0.25, 0.3) is 5.91 Å². The number of carbonyl (C=O) groups excluding carboxylic acids is 1. The number of hydrogen-bond acceptors (Lipinski definition) is 6. The number of alkyl halides is 2. The molecule has 2 atom stereocenters. The summed E-state index contributed by atoms with van der Waals surface area (Å²) in [7, 11) is 1.72. The molecular formula is C26H24F2N6O2. The Bertz CT molecular complexity index is 1510. The first kappa shape index (κ1) is 22.5. The number of nitrogens with zero attached hydrogens (tertiary/aromatic N) is 5. The molecule has 0 saturated carbocycles. The number of carbonyl (C=O) groups is 1. The second-order valence-electron chi connectivity index (χ2n) is 9.88. The number of halogens is 2. The van der Waals surface area contributed by atoms with Crippen molar-refractivity contribution in [2.75, 3.05) is 7.05 Å². The monoisotopic (exact) mass is 490 g/mol. The zero-order chi connectivity index (χ0) is 25.4. The molecule has 10 heteroatoms. The molecule has 0 fully saturated rings. The molecule has 2 bridgehead atoms. The normalized spacial score (nSPS) is 19.0. The number of nitrogens with two attached hydrogens (primary N) is 1. The summed E-state index contributed by atoms with van der Waals surface area (Å²) in [5.74, 6) is -0.000855. The van der Waals surface area contributed by atoms with Gasteiger partial charge >= 0.3 is 6.61 Å². The van der Waals surface area contributed by atoms with Crippen LogP contribution in [0.25, 0.3) is 16.6 Å². The minimum Gasteiger partial charge on any atom is -0.434 e. The molecule has 36 heavy (non-hydrogen) atoms. The van der Waals surface area contributed by atoms with E-state index in [0.717, 1.165) is 27.9 Å². The third-order valence-corrected chi connectivity index (χ3v) is 7.04.